The van der Waals surface area contributed by atoms with Crippen LogP contribution in [0.5, 0.6) is 0 Å². The molecule has 202 valence electrons. The van der Waals surface area contributed by atoms with Crippen molar-refractivity contribution in [3.63, 3.8) is 0 Å². The fraction of sp³-hybridized carbons (Fsp3) is 0.828. The van der Waals surface area contributed by atoms with Crippen molar-refractivity contribution in [3.8, 4) is 0 Å². The average molecular weight is 505 g/mol. The fourth-order valence-electron chi connectivity index (χ4n) is 8.61. The molecule has 0 aromatic carbocycles. The number of methoxy groups -OCH3 is 1. The van der Waals surface area contributed by atoms with Crippen LogP contribution in [0.3, 0.4) is 0 Å². The van der Waals surface area contributed by atoms with E-state index in [0.29, 0.717) is 12.8 Å². The molecule has 0 aromatic heterocycles. The van der Waals surface area contributed by atoms with E-state index in [2.05, 4.69) is 20.8 Å². The molecular weight excluding hydrogens is 460 g/mol. The van der Waals surface area contributed by atoms with Gasteiger partial charge < -0.3 is 19.3 Å². The molecular formula is C29H44O7. The number of rotatable bonds is 6. The molecule has 7 heteroatoms. The maximum absolute atomic E-state index is 12.2. The lowest BCUT2D eigenvalue weighted by atomic mass is 9.47. The summed E-state index contributed by atoms with van der Waals surface area (Å²) in [5.41, 5.74) is 2.12. The first-order chi connectivity index (χ1) is 16.9. The third-order valence-electron chi connectivity index (χ3n) is 10.5. The second-order valence-corrected chi connectivity index (χ2v) is 12.3. The lowest BCUT2D eigenvalue weighted by Gasteiger charge is -2.59. The van der Waals surface area contributed by atoms with Crippen LogP contribution in [0.4, 0.5) is 0 Å². The Balaban J connectivity index is 1.69. The summed E-state index contributed by atoms with van der Waals surface area (Å²) < 4.78 is 16.4. The molecule has 0 amide bonds. The molecule has 0 bridgehead atoms. The van der Waals surface area contributed by atoms with E-state index in [9.17, 15) is 19.5 Å². The van der Waals surface area contributed by atoms with E-state index in [0.717, 1.165) is 44.9 Å². The largest absolute Gasteiger partial charge is 0.469 e. The predicted octanol–water partition coefficient (Wildman–Crippen LogP) is 4.74. The van der Waals surface area contributed by atoms with Crippen LogP contribution in [-0.4, -0.2) is 48.4 Å². The summed E-state index contributed by atoms with van der Waals surface area (Å²) in [5.74, 6) is 0.180. The van der Waals surface area contributed by atoms with E-state index < -0.39 is 11.5 Å². The van der Waals surface area contributed by atoms with Crippen molar-refractivity contribution in [1.29, 1.82) is 0 Å². The van der Waals surface area contributed by atoms with Crippen molar-refractivity contribution < 1.29 is 33.7 Å². The van der Waals surface area contributed by atoms with E-state index in [1.807, 2.05) is 0 Å². The Morgan fingerprint density at radius 3 is 2.39 bits per heavy atom. The molecule has 3 fully saturated rings. The Bertz CT molecular complexity index is 925. The smallest absolute Gasteiger partial charge is 0.305 e. The molecule has 0 spiro atoms. The molecule has 4 aliphatic carbocycles. The molecule has 3 saturated carbocycles. The average Bonchev–Trinajstić information content (AvgIpc) is 3.16. The lowest BCUT2D eigenvalue weighted by Crippen LogP contribution is -2.56. The zero-order chi connectivity index (χ0) is 26.4. The SMILES string of the molecule is COC(=O)CC[C@@H](C)[C@H]1CCC2=C3[C@H](OC(C)=O)C[C@@H]4C[C@H](OC(C)=O)CC[C@]4(C)[C@H]3CC(O)[C@@]21C. The minimum atomic E-state index is -0.492. The first-order valence-electron chi connectivity index (χ1n) is 13.7. The second kappa shape index (κ2) is 10.1. The lowest BCUT2D eigenvalue weighted by molar-refractivity contribution is -0.159. The van der Waals surface area contributed by atoms with Crippen molar-refractivity contribution >= 4 is 17.9 Å². The molecule has 0 aromatic rings. The normalized spacial score (nSPS) is 40.4. The van der Waals surface area contributed by atoms with E-state index in [1.54, 1.807) is 0 Å². The molecule has 0 heterocycles. The fourth-order valence-corrected chi connectivity index (χ4v) is 8.61. The summed E-state index contributed by atoms with van der Waals surface area (Å²) in [4.78, 5) is 35.6. The molecule has 0 saturated heterocycles. The predicted molar refractivity (Wildman–Crippen MR) is 134 cm³/mol. The van der Waals surface area contributed by atoms with Gasteiger partial charge in [0.1, 0.15) is 12.2 Å². The Hall–Kier alpha value is -1.89. The molecule has 0 radical (unpaired) electrons. The highest BCUT2D eigenvalue weighted by molar-refractivity contribution is 5.69. The standard InChI is InChI=1S/C29H44O7/c1-16(7-10-26(33)34-6)21-8-9-22-27-23(15-25(32)29(21,22)5)28(4)12-11-20(35-17(2)30)13-19(28)14-24(27)36-18(3)31/h16,19-21,23-25,32H,7-15H2,1-6H3/t16-,19+,20-,21-,23+,24-,25?,28+,29-/m1/s1. The van der Waals surface area contributed by atoms with Gasteiger partial charge >= 0.3 is 17.9 Å². The number of hydrogen-bond acceptors (Lipinski definition) is 7. The van der Waals surface area contributed by atoms with Crippen LogP contribution < -0.4 is 0 Å². The van der Waals surface area contributed by atoms with Crippen LogP contribution in [0.1, 0.15) is 92.4 Å². The number of fused-ring (bicyclic) bond motifs is 4. The maximum Gasteiger partial charge on any atom is 0.305 e. The number of ether oxygens (including phenoxy) is 3. The van der Waals surface area contributed by atoms with Gasteiger partial charge in [0.2, 0.25) is 0 Å². The van der Waals surface area contributed by atoms with Crippen LogP contribution >= 0.6 is 0 Å². The van der Waals surface area contributed by atoms with Gasteiger partial charge in [0.25, 0.3) is 0 Å². The van der Waals surface area contributed by atoms with Crippen molar-refractivity contribution in [3.05, 3.63) is 11.1 Å². The summed E-state index contributed by atoms with van der Waals surface area (Å²) >= 11 is 0. The zero-order valence-corrected chi connectivity index (χ0v) is 22.8. The van der Waals surface area contributed by atoms with Crippen molar-refractivity contribution in [1.82, 2.24) is 0 Å². The Morgan fingerprint density at radius 1 is 1.06 bits per heavy atom. The van der Waals surface area contributed by atoms with E-state index >= 15 is 0 Å². The van der Waals surface area contributed by atoms with Gasteiger partial charge in [-0.1, -0.05) is 26.3 Å². The number of aliphatic hydroxyl groups is 1. The molecule has 36 heavy (non-hydrogen) atoms. The molecule has 4 rings (SSSR count). The number of carbonyl (C=O) groups is 3. The van der Waals surface area contributed by atoms with Gasteiger partial charge in [-0.3, -0.25) is 14.4 Å². The van der Waals surface area contributed by atoms with Gasteiger partial charge in [0, 0.05) is 25.7 Å². The minimum absolute atomic E-state index is 0.0352. The Kier molecular flexibility index (Phi) is 7.63. The van der Waals surface area contributed by atoms with Gasteiger partial charge in [0.05, 0.1) is 13.2 Å². The number of carbonyl (C=O) groups excluding carboxylic acids is 3. The van der Waals surface area contributed by atoms with Crippen molar-refractivity contribution in [2.24, 2.45) is 34.5 Å². The molecule has 1 unspecified atom stereocenters. The Morgan fingerprint density at radius 2 is 1.75 bits per heavy atom. The molecule has 9 atom stereocenters. The van der Waals surface area contributed by atoms with E-state index in [-0.39, 0.29) is 59.2 Å². The van der Waals surface area contributed by atoms with Gasteiger partial charge in [-0.25, -0.2) is 0 Å². The van der Waals surface area contributed by atoms with E-state index in [4.69, 9.17) is 14.2 Å². The van der Waals surface area contributed by atoms with Gasteiger partial charge in [-0.05, 0) is 86.0 Å². The van der Waals surface area contributed by atoms with Gasteiger partial charge in [-0.15, -0.1) is 0 Å². The van der Waals surface area contributed by atoms with Crippen LogP contribution in [0.2, 0.25) is 0 Å². The summed E-state index contributed by atoms with van der Waals surface area (Å²) in [6.45, 7) is 9.64. The first-order valence-corrected chi connectivity index (χ1v) is 13.7. The molecule has 1 N–H and O–H groups in total. The summed E-state index contributed by atoms with van der Waals surface area (Å²) in [5, 5.41) is 11.8. The molecule has 4 aliphatic rings. The zero-order valence-electron chi connectivity index (χ0n) is 22.8. The summed E-state index contributed by atoms with van der Waals surface area (Å²) in [6.07, 6.45) is 5.98. The second-order valence-electron chi connectivity index (χ2n) is 12.3. The molecule has 0 aliphatic heterocycles. The monoisotopic (exact) mass is 504 g/mol. The van der Waals surface area contributed by atoms with Crippen LogP contribution in [0.15, 0.2) is 11.1 Å². The third-order valence-corrected chi connectivity index (χ3v) is 10.5. The van der Waals surface area contributed by atoms with E-state index in [1.165, 1.54) is 32.1 Å². The third kappa shape index (κ3) is 4.61. The maximum atomic E-state index is 12.2. The minimum Gasteiger partial charge on any atom is -0.469 e. The van der Waals surface area contributed by atoms with Gasteiger partial charge in [0.15, 0.2) is 0 Å². The highest BCUT2D eigenvalue weighted by Gasteiger charge is 2.61. The topological polar surface area (TPSA) is 99.1 Å². The highest BCUT2D eigenvalue weighted by atomic mass is 16.5. The number of hydrogen-bond donors (Lipinski definition) is 1. The quantitative estimate of drug-likeness (QED) is 0.317. The summed E-state index contributed by atoms with van der Waals surface area (Å²) in [7, 11) is 1.42. The van der Waals surface area contributed by atoms with Crippen LogP contribution in [0.25, 0.3) is 0 Å². The molecule has 7 nitrogen and oxygen atoms in total. The Labute approximate surface area is 215 Å². The summed E-state index contributed by atoms with van der Waals surface area (Å²) in [6, 6.07) is 0. The van der Waals surface area contributed by atoms with Crippen LogP contribution in [-0.2, 0) is 28.6 Å². The van der Waals surface area contributed by atoms with Crippen molar-refractivity contribution in [2.45, 2.75) is 111 Å². The number of esters is 3. The van der Waals surface area contributed by atoms with Crippen molar-refractivity contribution in [2.75, 3.05) is 7.11 Å². The highest BCUT2D eigenvalue weighted by Crippen LogP contribution is 2.66. The number of aliphatic hydroxyl groups excluding tert-OH is 1. The van der Waals surface area contributed by atoms with Gasteiger partial charge in [-0.2, -0.15) is 0 Å². The first kappa shape index (κ1) is 27.2. The van der Waals surface area contributed by atoms with Crippen LogP contribution in [0, 0.1) is 34.5 Å².